The number of halogens is 3. The molecule has 11 nitrogen and oxygen atoms in total. The lowest BCUT2D eigenvalue weighted by Gasteiger charge is -2.36. The molecule has 3 aromatic carbocycles. The number of amides is 3. The maximum atomic E-state index is 13.4. The molecule has 0 radical (unpaired) electrons. The highest BCUT2D eigenvalue weighted by Gasteiger charge is 2.44. The van der Waals surface area contributed by atoms with Crippen LogP contribution in [0.2, 0.25) is 0 Å². The monoisotopic (exact) mass is 664 g/mol. The van der Waals surface area contributed by atoms with Crippen LogP contribution in [0.1, 0.15) is 28.0 Å². The molecule has 2 heterocycles. The Morgan fingerprint density at radius 1 is 0.917 bits per heavy atom. The molecule has 1 saturated heterocycles. The highest BCUT2D eigenvalue weighted by molar-refractivity contribution is 5.98. The third-order valence-electron chi connectivity index (χ3n) is 7.83. The Balaban J connectivity index is 1.26. The van der Waals surface area contributed by atoms with Gasteiger partial charge in [-0.05, 0) is 74.0 Å². The lowest BCUT2D eigenvalue weighted by Crippen LogP contribution is -2.52. The molecule has 3 amide bonds. The van der Waals surface area contributed by atoms with E-state index in [1.807, 2.05) is 37.3 Å². The van der Waals surface area contributed by atoms with Crippen molar-refractivity contribution in [3.63, 3.8) is 0 Å². The van der Waals surface area contributed by atoms with Crippen LogP contribution in [-0.4, -0.2) is 60.0 Å². The third-order valence-corrected chi connectivity index (χ3v) is 7.83. The van der Waals surface area contributed by atoms with Crippen LogP contribution in [0.4, 0.5) is 18.9 Å². The molecule has 0 spiro atoms. The Labute approximate surface area is 272 Å². The number of nitrogens with zero attached hydrogens (tertiary/aromatic N) is 2. The smallest absolute Gasteiger partial charge is 0.493 e. The molecule has 0 saturated carbocycles. The number of aromatic nitrogens is 1. The van der Waals surface area contributed by atoms with E-state index in [1.165, 1.54) is 29.6 Å². The van der Waals surface area contributed by atoms with E-state index in [-0.39, 0.29) is 31.7 Å². The predicted octanol–water partition coefficient (Wildman–Crippen LogP) is 4.98. The molecule has 14 heteroatoms. The van der Waals surface area contributed by atoms with Gasteiger partial charge in [-0.25, -0.2) is 4.79 Å². The van der Waals surface area contributed by atoms with Crippen LogP contribution < -0.4 is 20.3 Å². The summed E-state index contributed by atoms with van der Waals surface area (Å²) in [6.45, 7) is 1.93. The summed E-state index contributed by atoms with van der Waals surface area (Å²) in [4.78, 5) is 60.6. The number of para-hydroxylation sites is 1. The minimum atomic E-state index is -5.35. The topological polar surface area (TPSA) is 136 Å². The average molecular weight is 665 g/mol. The van der Waals surface area contributed by atoms with Crippen molar-refractivity contribution in [2.45, 2.75) is 26.1 Å². The van der Waals surface area contributed by atoms with Crippen molar-refractivity contribution >= 4 is 40.3 Å². The first-order valence-corrected chi connectivity index (χ1v) is 14.8. The number of fused-ring (bicyclic) bond motifs is 1. The van der Waals surface area contributed by atoms with Crippen LogP contribution >= 0.6 is 0 Å². The molecule has 1 aliphatic rings. The number of hydroxylamine groups is 1. The lowest BCUT2D eigenvalue weighted by molar-refractivity contribution is -0.208. The second kappa shape index (κ2) is 14.4. The van der Waals surface area contributed by atoms with Gasteiger partial charge < -0.3 is 24.5 Å². The van der Waals surface area contributed by atoms with Crippen molar-refractivity contribution < 1.29 is 46.7 Å². The Bertz CT molecular complexity index is 1810. The van der Waals surface area contributed by atoms with Gasteiger partial charge in [0.05, 0.1) is 24.5 Å². The van der Waals surface area contributed by atoms with Gasteiger partial charge in [0.1, 0.15) is 18.1 Å². The fourth-order valence-electron chi connectivity index (χ4n) is 5.41. The first kappa shape index (κ1) is 33.7. The number of anilines is 1. The van der Waals surface area contributed by atoms with E-state index in [0.29, 0.717) is 17.2 Å². The number of likely N-dealkylation sites (tertiary alicyclic amines) is 1. The minimum absolute atomic E-state index is 0.000464. The number of ether oxygens (including phenoxy) is 2. The summed E-state index contributed by atoms with van der Waals surface area (Å²) in [6, 6.07) is 22.4. The fourth-order valence-corrected chi connectivity index (χ4v) is 5.41. The number of nitrogens with one attached hydrogen (secondary N) is 2. The van der Waals surface area contributed by atoms with E-state index >= 15 is 0 Å². The third kappa shape index (κ3) is 8.00. The van der Waals surface area contributed by atoms with E-state index in [0.717, 1.165) is 22.2 Å². The number of hydrogen-bond donors (Lipinski definition) is 2. The van der Waals surface area contributed by atoms with Crippen LogP contribution in [-0.2, 0) is 25.8 Å². The molecular formula is C34H31F3N4O7. The largest absolute Gasteiger partial charge is 0.497 e. The van der Waals surface area contributed by atoms with Crippen LogP contribution in [0.5, 0.6) is 11.5 Å². The number of rotatable bonds is 8. The van der Waals surface area contributed by atoms with Gasteiger partial charge in [-0.1, -0.05) is 18.2 Å². The maximum absolute atomic E-state index is 13.4. The zero-order valence-electron chi connectivity index (χ0n) is 25.9. The molecule has 5 rings (SSSR count). The molecule has 0 aliphatic carbocycles. The van der Waals surface area contributed by atoms with E-state index in [1.54, 1.807) is 36.4 Å². The molecule has 0 bridgehead atoms. The molecule has 1 aromatic heterocycles. The number of methoxy groups -OCH3 is 1. The summed E-state index contributed by atoms with van der Waals surface area (Å²) in [5, 5.41) is 3.69. The zero-order valence-corrected chi connectivity index (χ0v) is 25.9. The van der Waals surface area contributed by atoms with Crippen LogP contribution in [0.3, 0.4) is 0 Å². The second-order valence-electron chi connectivity index (χ2n) is 11.1. The van der Waals surface area contributed by atoms with Crippen molar-refractivity contribution in [3.05, 3.63) is 95.7 Å². The molecule has 1 unspecified atom stereocenters. The summed E-state index contributed by atoms with van der Waals surface area (Å²) < 4.78 is 49.1. The summed E-state index contributed by atoms with van der Waals surface area (Å²) in [5.74, 6) is -6.25. The van der Waals surface area contributed by atoms with Gasteiger partial charge in [0, 0.05) is 41.0 Å². The number of carbonyl (C=O) groups is 4. The molecule has 250 valence electrons. The number of aryl methyl sites for hydroxylation is 1. The quantitative estimate of drug-likeness (QED) is 0.252. The average Bonchev–Trinajstić information content (AvgIpc) is 3.08. The zero-order chi connectivity index (χ0) is 34.4. The van der Waals surface area contributed by atoms with Gasteiger partial charge >= 0.3 is 12.1 Å². The van der Waals surface area contributed by atoms with Gasteiger partial charge in [-0.2, -0.15) is 18.7 Å². The maximum Gasteiger partial charge on any atom is 0.493 e. The first-order valence-electron chi connectivity index (χ1n) is 14.8. The molecule has 1 aliphatic heterocycles. The molecule has 1 fully saturated rings. The number of benzene rings is 3. The van der Waals surface area contributed by atoms with Crippen molar-refractivity contribution in [2.24, 2.45) is 11.8 Å². The first-order chi connectivity index (χ1) is 22.9. The number of alkyl halides is 3. The summed E-state index contributed by atoms with van der Waals surface area (Å²) >= 11 is 0. The Morgan fingerprint density at radius 2 is 1.60 bits per heavy atom. The molecule has 48 heavy (non-hydrogen) atoms. The Morgan fingerprint density at radius 3 is 2.29 bits per heavy atom. The molecule has 4 aromatic rings. The fraction of sp³-hybridized carbons (Fsp3) is 0.265. The summed E-state index contributed by atoms with van der Waals surface area (Å²) in [6.07, 6.45) is -5.35. The molecule has 2 N–H and O–H groups in total. The van der Waals surface area contributed by atoms with Gasteiger partial charge in [-0.15, -0.1) is 0 Å². The van der Waals surface area contributed by atoms with Crippen LogP contribution in [0.25, 0.3) is 10.9 Å². The van der Waals surface area contributed by atoms with Crippen LogP contribution in [0.15, 0.2) is 78.9 Å². The standard InChI is InChI=1S/C34H31F3N4O7/c1-20-17-22(26-5-3-4-6-29(26)38-20)19-47-25-13-9-23(10-14-25)39-30(42)27-15-16-41(32(44)21-7-11-24(46-2)12-8-21)18-28(27)31(43)40-48-33(45)34(35,36)37/h3-14,17,27-28H,15-16,18-19H2,1-2H3,(H,39,42)(H,40,43)/t27?,28-/m0/s1. The highest BCUT2D eigenvalue weighted by Crippen LogP contribution is 2.29. The summed E-state index contributed by atoms with van der Waals surface area (Å²) in [5.41, 5.74) is 4.82. The van der Waals surface area contributed by atoms with Crippen molar-refractivity contribution in [1.29, 1.82) is 0 Å². The lowest BCUT2D eigenvalue weighted by atomic mass is 9.83. The van der Waals surface area contributed by atoms with Crippen molar-refractivity contribution in [1.82, 2.24) is 15.4 Å². The van der Waals surface area contributed by atoms with E-state index in [4.69, 9.17) is 9.47 Å². The van der Waals surface area contributed by atoms with E-state index in [2.05, 4.69) is 15.1 Å². The molecule has 2 atom stereocenters. The number of carbonyl (C=O) groups excluding carboxylic acids is 4. The SMILES string of the molecule is COc1ccc(C(=O)N2CCC(C(=O)Nc3ccc(OCc4cc(C)nc5ccccc45)cc3)[C@@H](C(=O)NOC(=O)C(F)(F)F)C2)cc1. The van der Waals surface area contributed by atoms with Crippen LogP contribution in [0, 0.1) is 18.8 Å². The Kier molecular flexibility index (Phi) is 10.1. The summed E-state index contributed by atoms with van der Waals surface area (Å²) in [7, 11) is 1.47. The Hall–Kier alpha value is -5.66. The van der Waals surface area contributed by atoms with Gasteiger partial charge in [-0.3, -0.25) is 19.4 Å². The second-order valence-corrected chi connectivity index (χ2v) is 11.1. The minimum Gasteiger partial charge on any atom is -0.497 e. The number of pyridine rings is 1. The van der Waals surface area contributed by atoms with E-state index < -0.39 is 41.7 Å². The van der Waals surface area contributed by atoms with Crippen molar-refractivity contribution in [2.75, 3.05) is 25.5 Å². The van der Waals surface area contributed by atoms with Gasteiger partial charge in [0.2, 0.25) is 5.91 Å². The predicted molar refractivity (Wildman–Crippen MR) is 167 cm³/mol. The normalized spacial score (nSPS) is 16.1. The van der Waals surface area contributed by atoms with Gasteiger partial charge in [0.25, 0.3) is 11.8 Å². The van der Waals surface area contributed by atoms with E-state index in [9.17, 15) is 32.3 Å². The number of hydrogen-bond acceptors (Lipinski definition) is 8. The molecular weight excluding hydrogens is 633 g/mol. The highest BCUT2D eigenvalue weighted by atomic mass is 19.4. The van der Waals surface area contributed by atoms with Crippen molar-refractivity contribution in [3.8, 4) is 11.5 Å². The van der Waals surface area contributed by atoms with Gasteiger partial charge in [0.15, 0.2) is 0 Å². The number of piperidine rings is 1.